The summed E-state index contributed by atoms with van der Waals surface area (Å²) in [4.78, 5) is 12.4. The molecule has 0 aliphatic carbocycles. The van der Waals surface area contributed by atoms with E-state index in [1.54, 1.807) is 19.2 Å². The summed E-state index contributed by atoms with van der Waals surface area (Å²) >= 11 is 1.21. The molecule has 1 saturated heterocycles. The molecule has 1 amide bonds. The van der Waals surface area contributed by atoms with Crippen molar-refractivity contribution in [3.63, 3.8) is 0 Å². The highest BCUT2D eigenvalue weighted by Crippen LogP contribution is 2.27. The molecule has 3 aromatic rings. The minimum Gasteiger partial charge on any atom is -0.464 e. The Balaban J connectivity index is 0.000000254. The molecule has 2 aromatic heterocycles. The third kappa shape index (κ3) is 10.2. The number of hydrogen-bond acceptors (Lipinski definition) is 10. The molecule has 10 nitrogen and oxygen atoms in total. The molecule has 1 fully saturated rings. The molecule has 0 bridgehead atoms. The van der Waals surface area contributed by atoms with Crippen molar-refractivity contribution in [1.29, 1.82) is 0 Å². The number of methoxy groups -OCH3 is 1. The Morgan fingerprint density at radius 3 is 2.62 bits per heavy atom. The number of amides is 1. The Morgan fingerprint density at radius 1 is 1.19 bits per heavy atom. The van der Waals surface area contributed by atoms with Gasteiger partial charge < -0.3 is 24.4 Å². The number of alkyl halides is 3. The van der Waals surface area contributed by atoms with Crippen LogP contribution in [0.1, 0.15) is 38.9 Å². The molecule has 2 unspecified atom stereocenters. The summed E-state index contributed by atoms with van der Waals surface area (Å²) in [5.74, 6) is 0.614. The molecular weight excluding hydrogens is 513 g/mol. The summed E-state index contributed by atoms with van der Waals surface area (Å²) in [6.07, 6.45) is -1.79. The van der Waals surface area contributed by atoms with Gasteiger partial charge in [-0.2, -0.15) is 5.10 Å². The second kappa shape index (κ2) is 14.9. The smallest absolute Gasteiger partial charge is 0.464 e. The van der Waals surface area contributed by atoms with Crippen LogP contribution >= 0.6 is 11.3 Å². The third-order valence-electron chi connectivity index (χ3n) is 4.80. The monoisotopic (exact) mass is 542 g/mol. The van der Waals surface area contributed by atoms with Gasteiger partial charge in [0.2, 0.25) is 11.5 Å². The van der Waals surface area contributed by atoms with Crippen LogP contribution in [-0.2, 0) is 9.53 Å². The molecule has 0 spiro atoms. The number of benzene rings is 1. The largest absolute Gasteiger partial charge is 0.573 e. The maximum absolute atomic E-state index is 11.9. The van der Waals surface area contributed by atoms with Crippen molar-refractivity contribution in [2.45, 2.75) is 45.8 Å². The van der Waals surface area contributed by atoms with E-state index < -0.39 is 6.36 Å². The zero-order valence-electron chi connectivity index (χ0n) is 20.8. The van der Waals surface area contributed by atoms with E-state index >= 15 is 0 Å². The number of carbonyl (C=O) groups excluding carboxylic acids is 1. The number of hydrogen-bond donors (Lipinski definition) is 1. The van der Waals surface area contributed by atoms with E-state index in [1.807, 2.05) is 26.0 Å². The fraction of sp³-hybridized carbons (Fsp3) is 0.435. The normalized spacial score (nSPS) is 15.4. The van der Waals surface area contributed by atoms with Gasteiger partial charge in [0.25, 0.3) is 5.19 Å². The van der Waals surface area contributed by atoms with E-state index in [2.05, 4.69) is 35.3 Å². The molecule has 1 aliphatic rings. The molecule has 14 heteroatoms. The summed E-state index contributed by atoms with van der Waals surface area (Å²) in [6.45, 7) is 7.34. The van der Waals surface area contributed by atoms with Crippen LogP contribution in [-0.4, -0.2) is 59.5 Å². The Bertz CT molecular complexity index is 1070. The molecule has 1 N–H and O–H groups in total. The molecule has 2 atom stereocenters. The first-order chi connectivity index (χ1) is 17.8. The van der Waals surface area contributed by atoms with Crippen LogP contribution in [0.2, 0.25) is 0 Å². The van der Waals surface area contributed by atoms with E-state index in [0.29, 0.717) is 22.3 Å². The summed E-state index contributed by atoms with van der Waals surface area (Å²) < 4.78 is 50.2. The van der Waals surface area contributed by atoms with E-state index in [4.69, 9.17) is 9.47 Å². The Morgan fingerprint density at radius 2 is 1.97 bits per heavy atom. The van der Waals surface area contributed by atoms with Crippen LogP contribution in [0, 0.1) is 0 Å². The molecule has 202 valence electrons. The zero-order valence-corrected chi connectivity index (χ0v) is 21.6. The molecule has 37 heavy (non-hydrogen) atoms. The van der Waals surface area contributed by atoms with Crippen molar-refractivity contribution in [2.75, 3.05) is 30.4 Å². The summed E-state index contributed by atoms with van der Waals surface area (Å²) in [5, 5.41) is 18.9. The van der Waals surface area contributed by atoms with Gasteiger partial charge in [-0.05, 0) is 48.1 Å². The number of nitrogens with zero attached hydrogens (tertiary/aromatic N) is 5. The van der Waals surface area contributed by atoms with Crippen LogP contribution in [0.15, 0.2) is 42.6 Å². The van der Waals surface area contributed by atoms with E-state index in [-0.39, 0.29) is 18.0 Å². The lowest BCUT2D eigenvalue weighted by atomic mass is 10.1. The van der Waals surface area contributed by atoms with Gasteiger partial charge in [0.05, 0.1) is 12.6 Å². The predicted molar refractivity (Wildman–Crippen MR) is 133 cm³/mol. The number of ether oxygens (including phenoxy) is 3. The van der Waals surface area contributed by atoms with Gasteiger partial charge in [-0.3, -0.25) is 4.79 Å². The molecule has 0 saturated carbocycles. The number of carbonyl (C=O) groups is 1. The summed E-state index contributed by atoms with van der Waals surface area (Å²) in [7, 11) is 1.49. The van der Waals surface area contributed by atoms with Crippen LogP contribution in [0.4, 0.5) is 24.1 Å². The van der Waals surface area contributed by atoms with Gasteiger partial charge in [0.15, 0.2) is 5.82 Å². The topological polar surface area (TPSA) is 112 Å². The average molecular weight is 543 g/mol. The first-order valence-electron chi connectivity index (χ1n) is 11.4. The quantitative estimate of drug-likeness (QED) is 0.398. The van der Waals surface area contributed by atoms with E-state index in [1.165, 1.54) is 36.6 Å². The number of rotatable bonds is 8. The van der Waals surface area contributed by atoms with Crippen molar-refractivity contribution in [2.24, 2.45) is 0 Å². The van der Waals surface area contributed by atoms with Gasteiger partial charge in [-0.1, -0.05) is 31.1 Å². The fourth-order valence-corrected chi connectivity index (χ4v) is 3.72. The van der Waals surface area contributed by atoms with E-state index in [9.17, 15) is 18.0 Å². The van der Waals surface area contributed by atoms with E-state index in [0.717, 1.165) is 25.3 Å². The number of anilines is 2. The number of halogens is 3. The van der Waals surface area contributed by atoms with Crippen molar-refractivity contribution in [1.82, 2.24) is 20.4 Å². The molecule has 4 rings (SSSR count). The van der Waals surface area contributed by atoms with Crippen molar-refractivity contribution < 1.29 is 32.2 Å². The Hall–Kier alpha value is -3.52. The van der Waals surface area contributed by atoms with Crippen molar-refractivity contribution in [3.8, 4) is 10.9 Å². The Kier molecular flexibility index (Phi) is 12.0. The zero-order chi connectivity index (χ0) is 27.3. The second-order valence-electron chi connectivity index (χ2n) is 7.19. The highest BCUT2D eigenvalue weighted by atomic mass is 32.1. The minimum absolute atomic E-state index is 0.0361. The van der Waals surface area contributed by atoms with Crippen LogP contribution < -0.4 is 19.7 Å². The van der Waals surface area contributed by atoms with Gasteiger partial charge >= 0.3 is 6.36 Å². The predicted octanol–water partition coefficient (Wildman–Crippen LogP) is 4.87. The summed E-state index contributed by atoms with van der Waals surface area (Å²) in [5.41, 5.74) is 0.638. The SMILES string of the molecule is CC.COC(C)c1cccc(OC(F)(F)F)c1.O=CNc1nnc(OC2CCN(c3cccnn3)C2)s1. The Labute approximate surface area is 216 Å². The lowest BCUT2D eigenvalue weighted by Gasteiger charge is -2.16. The fourth-order valence-electron chi connectivity index (χ4n) is 3.10. The van der Waals surface area contributed by atoms with Gasteiger partial charge in [-0.15, -0.1) is 23.4 Å². The summed E-state index contributed by atoms with van der Waals surface area (Å²) in [6, 6.07) is 9.51. The minimum atomic E-state index is -4.66. The number of aromatic nitrogens is 4. The van der Waals surface area contributed by atoms with Crippen LogP contribution in [0.3, 0.4) is 0 Å². The third-order valence-corrected chi connectivity index (χ3v) is 5.54. The highest BCUT2D eigenvalue weighted by Gasteiger charge is 2.31. The number of nitrogens with one attached hydrogen (secondary N) is 1. The molecule has 1 aromatic carbocycles. The van der Waals surface area contributed by atoms with Crippen LogP contribution in [0.25, 0.3) is 0 Å². The van der Waals surface area contributed by atoms with Crippen molar-refractivity contribution >= 4 is 28.7 Å². The molecule has 3 heterocycles. The molecule has 1 aliphatic heterocycles. The van der Waals surface area contributed by atoms with Gasteiger partial charge in [0.1, 0.15) is 11.9 Å². The first-order valence-corrected chi connectivity index (χ1v) is 12.2. The van der Waals surface area contributed by atoms with Gasteiger partial charge in [-0.25, -0.2) is 0 Å². The highest BCUT2D eigenvalue weighted by molar-refractivity contribution is 7.17. The van der Waals surface area contributed by atoms with Crippen molar-refractivity contribution in [3.05, 3.63) is 48.2 Å². The lowest BCUT2D eigenvalue weighted by molar-refractivity contribution is -0.274. The molecular formula is C23H29F3N6O4S. The molecule has 0 radical (unpaired) electrons. The van der Waals surface area contributed by atoms with Crippen LogP contribution in [0.5, 0.6) is 10.9 Å². The maximum atomic E-state index is 11.9. The first kappa shape index (κ1) is 29.7. The average Bonchev–Trinajstić information content (AvgIpc) is 3.55. The maximum Gasteiger partial charge on any atom is 0.573 e. The van der Waals surface area contributed by atoms with Gasteiger partial charge in [0, 0.05) is 26.3 Å². The second-order valence-corrected chi connectivity index (χ2v) is 8.13. The standard InChI is InChI=1S/C11H12N6O2S.C10H11F3O2.C2H6/c18-7-12-10-15-16-11(20-10)19-8-3-5-17(6-8)9-2-1-4-13-14-9;1-7(14-2)8-4-3-5-9(6-8)15-10(11,12)13;1-2/h1-2,4,7-8H,3,5-6H2,(H,12,15,18);3-7H,1-2H3;1-2H3. The lowest BCUT2D eigenvalue weighted by Crippen LogP contribution is -2.25.